The fraction of sp³-hybridized carbons (Fsp3) is 0.812. The number of carbonyl (C=O) groups excluding carboxylic acids is 2. The van der Waals surface area contributed by atoms with Gasteiger partial charge in [0.15, 0.2) is 5.96 Å². The predicted molar refractivity (Wildman–Crippen MR) is 93.9 cm³/mol. The minimum Gasteiger partial charge on any atom is -0.370 e. The number of amides is 1. The zero-order valence-electron chi connectivity index (χ0n) is 14.3. The molecule has 0 radical (unpaired) electrons. The molecule has 0 aliphatic heterocycles. The van der Waals surface area contributed by atoms with E-state index in [1.807, 2.05) is 0 Å². The van der Waals surface area contributed by atoms with Crippen LogP contribution in [-0.4, -0.2) is 36.8 Å². The molecule has 23 heavy (non-hydrogen) atoms. The Balaban J connectivity index is 4.16. The molecule has 7 heteroatoms. The van der Waals surface area contributed by atoms with Gasteiger partial charge in [-0.15, -0.1) is 0 Å². The number of nitrogens with zero attached hydrogens (tertiary/aromatic N) is 1. The Labute approximate surface area is 139 Å². The molecule has 0 rings (SSSR count). The van der Waals surface area contributed by atoms with Gasteiger partial charge in [-0.05, 0) is 32.1 Å². The molecule has 0 heterocycles. The quantitative estimate of drug-likeness (QED) is 0.162. The highest BCUT2D eigenvalue weighted by atomic mass is 16.2. The van der Waals surface area contributed by atoms with Gasteiger partial charge < -0.3 is 27.3 Å². The molecule has 0 fully saturated rings. The van der Waals surface area contributed by atoms with E-state index >= 15 is 0 Å². The third-order valence-corrected chi connectivity index (χ3v) is 3.68. The monoisotopic (exact) mass is 327 g/mol. The van der Waals surface area contributed by atoms with Crippen molar-refractivity contribution >= 4 is 18.2 Å². The summed E-state index contributed by atoms with van der Waals surface area (Å²) in [5.41, 5.74) is 16.4. The van der Waals surface area contributed by atoms with Gasteiger partial charge in [-0.1, -0.05) is 26.2 Å². The van der Waals surface area contributed by atoms with E-state index in [2.05, 4.69) is 17.2 Å². The maximum absolute atomic E-state index is 12.2. The summed E-state index contributed by atoms with van der Waals surface area (Å²) in [6.07, 6.45) is 8.54. The summed E-state index contributed by atoms with van der Waals surface area (Å²) in [5.74, 6) is -0.0656. The molecule has 0 aliphatic rings. The van der Waals surface area contributed by atoms with E-state index in [-0.39, 0.29) is 17.9 Å². The fourth-order valence-electron chi connectivity index (χ4n) is 2.32. The van der Waals surface area contributed by atoms with Crippen molar-refractivity contribution in [2.75, 3.05) is 6.54 Å². The molecule has 2 atom stereocenters. The fourth-order valence-corrected chi connectivity index (χ4v) is 2.32. The molecule has 0 saturated heterocycles. The van der Waals surface area contributed by atoms with Crippen LogP contribution in [0.5, 0.6) is 0 Å². The van der Waals surface area contributed by atoms with Gasteiger partial charge in [0.05, 0.1) is 6.04 Å². The summed E-state index contributed by atoms with van der Waals surface area (Å²) < 4.78 is 0. The second kappa shape index (κ2) is 14.0. The third-order valence-electron chi connectivity index (χ3n) is 3.68. The third kappa shape index (κ3) is 12.6. The van der Waals surface area contributed by atoms with E-state index in [1.54, 1.807) is 0 Å². The first-order valence-electron chi connectivity index (χ1n) is 8.56. The number of rotatable bonds is 14. The van der Waals surface area contributed by atoms with Gasteiger partial charge in [-0.25, -0.2) is 0 Å². The Morgan fingerprint density at radius 1 is 1.13 bits per heavy atom. The summed E-state index contributed by atoms with van der Waals surface area (Å²) in [7, 11) is 0. The van der Waals surface area contributed by atoms with Crippen molar-refractivity contribution in [2.45, 2.75) is 76.8 Å². The number of hydrogen-bond acceptors (Lipinski definition) is 4. The minimum atomic E-state index is -0.539. The number of aliphatic imine (C=N–C) groups is 1. The van der Waals surface area contributed by atoms with Gasteiger partial charge in [0.1, 0.15) is 6.29 Å². The number of aldehydes is 1. The number of unbranched alkanes of at least 4 members (excludes halogenated alkanes) is 3. The Morgan fingerprint density at radius 2 is 1.83 bits per heavy atom. The molecule has 134 valence electrons. The van der Waals surface area contributed by atoms with Crippen LogP contribution < -0.4 is 22.5 Å². The average molecular weight is 327 g/mol. The standard InChI is InChI=1S/C16H33N5O2/c1-2-3-8-13(9-5-4-6-12-22)21-15(23)14(17)10-7-11-20-16(18)19/h12-14H,2-11,17H2,1H3,(H,21,23)(H4,18,19,20). The largest absolute Gasteiger partial charge is 0.370 e. The van der Waals surface area contributed by atoms with Crippen LogP contribution in [-0.2, 0) is 9.59 Å². The maximum atomic E-state index is 12.2. The highest BCUT2D eigenvalue weighted by Crippen LogP contribution is 2.10. The first-order chi connectivity index (χ1) is 11.0. The second-order valence-electron chi connectivity index (χ2n) is 5.85. The Bertz CT molecular complexity index is 356. The highest BCUT2D eigenvalue weighted by molar-refractivity contribution is 5.81. The van der Waals surface area contributed by atoms with E-state index in [0.29, 0.717) is 25.8 Å². The van der Waals surface area contributed by atoms with Gasteiger partial charge in [-0.2, -0.15) is 0 Å². The van der Waals surface area contributed by atoms with Crippen molar-refractivity contribution in [3.05, 3.63) is 0 Å². The van der Waals surface area contributed by atoms with Crippen LogP contribution in [0.2, 0.25) is 0 Å². The second-order valence-corrected chi connectivity index (χ2v) is 5.85. The van der Waals surface area contributed by atoms with E-state index in [1.165, 1.54) is 0 Å². The van der Waals surface area contributed by atoms with Crippen LogP contribution in [0, 0.1) is 0 Å². The molecule has 2 unspecified atom stereocenters. The van der Waals surface area contributed by atoms with Crippen molar-refractivity contribution in [1.82, 2.24) is 5.32 Å². The molecule has 0 spiro atoms. The van der Waals surface area contributed by atoms with E-state index in [9.17, 15) is 9.59 Å². The lowest BCUT2D eigenvalue weighted by Crippen LogP contribution is -2.45. The Kier molecular flexibility index (Phi) is 13.0. The molecule has 0 saturated carbocycles. The van der Waals surface area contributed by atoms with Crippen molar-refractivity contribution in [2.24, 2.45) is 22.2 Å². The van der Waals surface area contributed by atoms with Crippen molar-refractivity contribution < 1.29 is 9.59 Å². The Morgan fingerprint density at radius 3 is 2.43 bits per heavy atom. The smallest absolute Gasteiger partial charge is 0.237 e. The number of nitrogens with one attached hydrogen (secondary N) is 1. The van der Waals surface area contributed by atoms with Crippen LogP contribution in [0.15, 0.2) is 4.99 Å². The minimum absolute atomic E-state index is 0.0537. The summed E-state index contributed by atoms with van der Waals surface area (Å²) in [6, 6.07) is -0.402. The summed E-state index contributed by atoms with van der Waals surface area (Å²) in [6.45, 7) is 2.61. The topological polar surface area (TPSA) is 137 Å². The lowest BCUT2D eigenvalue weighted by atomic mass is 10.0. The lowest BCUT2D eigenvalue weighted by molar-refractivity contribution is -0.123. The molecule has 0 aromatic rings. The van der Waals surface area contributed by atoms with Crippen LogP contribution in [0.4, 0.5) is 0 Å². The van der Waals surface area contributed by atoms with Gasteiger partial charge in [0.2, 0.25) is 5.91 Å². The van der Waals surface area contributed by atoms with Crippen molar-refractivity contribution in [3.63, 3.8) is 0 Å². The highest BCUT2D eigenvalue weighted by Gasteiger charge is 2.17. The molecule has 0 aromatic heterocycles. The molecule has 0 bridgehead atoms. The van der Waals surface area contributed by atoms with Gasteiger partial charge in [0.25, 0.3) is 0 Å². The average Bonchev–Trinajstić information content (AvgIpc) is 2.52. The molecule has 0 aliphatic carbocycles. The van der Waals surface area contributed by atoms with E-state index in [0.717, 1.165) is 44.8 Å². The molecule has 7 N–H and O–H groups in total. The number of carbonyl (C=O) groups is 2. The van der Waals surface area contributed by atoms with Gasteiger partial charge >= 0.3 is 0 Å². The van der Waals surface area contributed by atoms with E-state index in [4.69, 9.17) is 17.2 Å². The molecular weight excluding hydrogens is 294 g/mol. The molecular formula is C16H33N5O2. The van der Waals surface area contributed by atoms with Crippen LogP contribution >= 0.6 is 0 Å². The zero-order valence-corrected chi connectivity index (χ0v) is 14.3. The van der Waals surface area contributed by atoms with Crippen molar-refractivity contribution in [3.8, 4) is 0 Å². The summed E-state index contributed by atoms with van der Waals surface area (Å²) >= 11 is 0. The zero-order chi connectivity index (χ0) is 17.5. The molecule has 1 amide bonds. The normalized spacial score (nSPS) is 13.1. The SMILES string of the molecule is CCCCC(CCCCC=O)NC(=O)C(N)CCCN=C(N)N. The number of nitrogens with two attached hydrogens (primary N) is 3. The number of hydrogen-bond donors (Lipinski definition) is 4. The van der Waals surface area contributed by atoms with Gasteiger partial charge in [0, 0.05) is 19.0 Å². The number of guanidine groups is 1. The lowest BCUT2D eigenvalue weighted by Gasteiger charge is -2.21. The van der Waals surface area contributed by atoms with Crippen LogP contribution in [0.25, 0.3) is 0 Å². The molecule has 7 nitrogen and oxygen atoms in total. The Hall–Kier alpha value is -1.63. The molecule has 0 aromatic carbocycles. The van der Waals surface area contributed by atoms with E-state index < -0.39 is 6.04 Å². The first-order valence-corrected chi connectivity index (χ1v) is 8.56. The summed E-state index contributed by atoms with van der Waals surface area (Å²) in [5, 5.41) is 3.04. The van der Waals surface area contributed by atoms with Crippen LogP contribution in [0.1, 0.15) is 64.7 Å². The predicted octanol–water partition coefficient (Wildman–Crippen LogP) is 0.802. The van der Waals surface area contributed by atoms with Gasteiger partial charge in [-0.3, -0.25) is 9.79 Å². The summed E-state index contributed by atoms with van der Waals surface area (Å²) in [4.78, 5) is 26.4. The maximum Gasteiger partial charge on any atom is 0.237 e. The van der Waals surface area contributed by atoms with Crippen LogP contribution in [0.3, 0.4) is 0 Å². The first kappa shape index (κ1) is 21.4. The van der Waals surface area contributed by atoms with Crippen molar-refractivity contribution in [1.29, 1.82) is 0 Å².